The van der Waals surface area contributed by atoms with Crippen molar-refractivity contribution in [2.45, 2.75) is 13.3 Å². The first-order valence-electron chi connectivity index (χ1n) is 8.34. The Morgan fingerprint density at radius 1 is 1.21 bits per heavy atom. The Morgan fingerprint density at radius 3 is 2.68 bits per heavy atom. The van der Waals surface area contributed by atoms with E-state index in [9.17, 15) is 19.3 Å². The zero-order chi connectivity index (χ0) is 20.1. The molecule has 0 radical (unpaired) electrons. The standard InChI is InChI=1S/C20H16FN3O4/c1-13-2-4-14(5-3-13)10-20(25)23-22-12-16-7-9-19(28-16)17-8-6-15(21)11-18(17)24(26)27/h2-9,11-12H,10H2,1H3,(H,23,25). The molecule has 0 saturated heterocycles. The molecule has 7 nitrogen and oxygen atoms in total. The summed E-state index contributed by atoms with van der Waals surface area (Å²) in [6.07, 6.45) is 1.47. The molecule has 8 heteroatoms. The van der Waals surface area contributed by atoms with Crippen molar-refractivity contribution in [2.24, 2.45) is 5.10 Å². The number of carbonyl (C=O) groups excluding carboxylic acids is 1. The normalized spacial score (nSPS) is 10.9. The number of carbonyl (C=O) groups is 1. The van der Waals surface area contributed by atoms with Crippen molar-refractivity contribution in [1.29, 1.82) is 0 Å². The van der Waals surface area contributed by atoms with Crippen LogP contribution in [0.3, 0.4) is 0 Å². The van der Waals surface area contributed by atoms with E-state index in [2.05, 4.69) is 10.5 Å². The van der Waals surface area contributed by atoms with E-state index in [4.69, 9.17) is 4.42 Å². The highest BCUT2D eigenvalue weighted by molar-refractivity contribution is 5.82. The summed E-state index contributed by atoms with van der Waals surface area (Å²) in [7, 11) is 0. The minimum absolute atomic E-state index is 0.148. The second-order valence-corrected chi connectivity index (χ2v) is 6.08. The number of nitro benzene ring substituents is 1. The topological polar surface area (TPSA) is 97.7 Å². The van der Waals surface area contributed by atoms with Gasteiger partial charge in [0.2, 0.25) is 5.91 Å². The monoisotopic (exact) mass is 381 g/mol. The summed E-state index contributed by atoms with van der Waals surface area (Å²) in [5.74, 6) is -0.524. The molecule has 0 saturated carbocycles. The van der Waals surface area contributed by atoms with Crippen LogP contribution in [0.2, 0.25) is 0 Å². The van der Waals surface area contributed by atoms with Gasteiger partial charge in [-0.2, -0.15) is 5.10 Å². The van der Waals surface area contributed by atoms with Gasteiger partial charge in [0.05, 0.1) is 29.2 Å². The third-order valence-corrected chi connectivity index (χ3v) is 3.92. The molecule has 0 atom stereocenters. The van der Waals surface area contributed by atoms with E-state index in [0.717, 1.165) is 23.3 Å². The molecule has 1 amide bonds. The molecule has 2 aromatic carbocycles. The van der Waals surface area contributed by atoms with Crippen LogP contribution in [-0.4, -0.2) is 17.0 Å². The lowest BCUT2D eigenvalue weighted by atomic mass is 10.1. The molecule has 0 unspecified atom stereocenters. The van der Waals surface area contributed by atoms with E-state index in [1.165, 1.54) is 24.4 Å². The van der Waals surface area contributed by atoms with Crippen LogP contribution in [0.25, 0.3) is 11.3 Å². The first-order chi connectivity index (χ1) is 13.4. The van der Waals surface area contributed by atoms with Crippen LogP contribution < -0.4 is 5.43 Å². The molecule has 1 aromatic heterocycles. The number of rotatable bonds is 6. The lowest BCUT2D eigenvalue weighted by Crippen LogP contribution is -2.19. The van der Waals surface area contributed by atoms with Crippen molar-refractivity contribution in [2.75, 3.05) is 0 Å². The average Bonchev–Trinajstić information content (AvgIpc) is 3.12. The maximum Gasteiger partial charge on any atom is 0.283 e. The van der Waals surface area contributed by atoms with Gasteiger partial charge >= 0.3 is 0 Å². The first kappa shape index (κ1) is 19.0. The summed E-state index contributed by atoms with van der Waals surface area (Å²) in [6, 6.07) is 13.8. The zero-order valence-electron chi connectivity index (χ0n) is 14.9. The number of nitro groups is 1. The average molecular weight is 381 g/mol. The molecule has 0 bridgehead atoms. The Bertz CT molecular complexity index is 1040. The minimum atomic E-state index is -0.708. The van der Waals surface area contributed by atoms with E-state index in [0.29, 0.717) is 0 Å². The molecule has 28 heavy (non-hydrogen) atoms. The number of hydrogen-bond donors (Lipinski definition) is 1. The van der Waals surface area contributed by atoms with Crippen LogP contribution in [-0.2, 0) is 11.2 Å². The molecule has 3 rings (SSSR count). The highest BCUT2D eigenvalue weighted by atomic mass is 19.1. The largest absolute Gasteiger partial charge is 0.455 e. The molecule has 0 aliphatic carbocycles. The Morgan fingerprint density at radius 2 is 1.96 bits per heavy atom. The van der Waals surface area contributed by atoms with Crippen molar-refractivity contribution in [3.63, 3.8) is 0 Å². The van der Waals surface area contributed by atoms with E-state index in [1.54, 1.807) is 0 Å². The molecule has 0 aliphatic heterocycles. The summed E-state index contributed by atoms with van der Waals surface area (Å²) in [5.41, 5.74) is 4.11. The Labute approximate surface area is 159 Å². The fraction of sp³-hybridized carbons (Fsp3) is 0.100. The number of nitrogens with one attached hydrogen (secondary N) is 1. The second-order valence-electron chi connectivity index (χ2n) is 6.08. The van der Waals surface area contributed by atoms with Crippen LogP contribution in [0.4, 0.5) is 10.1 Å². The van der Waals surface area contributed by atoms with Crippen molar-refractivity contribution in [3.8, 4) is 11.3 Å². The minimum Gasteiger partial charge on any atom is -0.455 e. The number of hydrogen-bond acceptors (Lipinski definition) is 5. The molecular weight excluding hydrogens is 365 g/mol. The van der Waals surface area contributed by atoms with Crippen molar-refractivity contribution in [3.05, 3.63) is 87.4 Å². The quantitative estimate of drug-likeness (QED) is 0.396. The third-order valence-electron chi connectivity index (χ3n) is 3.92. The van der Waals surface area contributed by atoms with Gasteiger partial charge in [-0.25, -0.2) is 9.82 Å². The summed E-state index contributed by atoms with van der Waals surface area (Å²) in [5, 5.41) is 14.9. The fourth-order valence-electron chi connectivity index (χ4n) is 2.53. The van der Waals surface area contributed by atoms with E-state index in [-0.39, 0.29) is 29.4 Å². The number of benzene rings is 2. The number of hydrazone groups is 1. The van der Waals surface area contributed by atoms with Crippen molar-refractivity contribution >= 4 is 17.8 Å². The highest BCUT2D eigenvalue weighted by Gasteiger charge is 2.19. The van der Waals surface area contributed by atoms with Gasteiger partial charge in [0.1, 0.15) is 17.3 Å². The molecular formula is C20H16FN3O4. The van der Waals surface area contributed by atoms with Crippen LogP contribution in [0, 0.1) is 22.9 Å². The highest BCUT2D eigenvalue weighted by Crippen LogP contribution is 2.31. The van der Waals surface area contributed by atoms with Gasteiger partial charge < -0.3 is 4.42 Å². The smallest absolute Gasteiger partial charge is 0.283 e. The SMILES string of the molecule is Cc1ccc(CC(=O)NN=Cc2ccc(-c3ccc(F)cc3[N+](=O)[O-])o2)cc1. The lowest BCUT2D eigenvalue weighted by Gasteiger charge is -2.01. The van der Waals surface area contributed by atoms with Gasteiger partial charge in [0.25, 0.3) is 5.69 Å². The van der Waals surface area contributed by atoms with Crippen molar-refractivity contribution in [1.82, 2.24) is 5.43 Å². The molecule has 1 N–H and O–H groups in total. The summed E-state index contributed by atoms with van der Waals surface area (Å²) >= 11 is 0. The molecule has 142 valence electrons. The van der Waals surface area contributed by atoms with Gasteiger partial charge in [-0.15, -0.1) is 0 Å². The number of halogens is 1. The van der Waals surface area contributed by atoms with E-state index in [1.807, 2.05) is 31.2 Å². The van der Waals surface area contributed by atoms with Crippen LogP contribution in [0.1, 0.15) is 16.9 Å². The Balaban J connectivity index is 1.65. The zero-order valence-corrected chi connectivity index (χ0v) is 14.9. The molecule has 1 heterocycles. The van der Waals surface area contributed by atoms with Gasteiger partial charge in [-0.05, 0) is 36.8 Å². The molecule has 0 spiro atoms. The van der Waals surface area contributed by atoms with Crippen LogP contribution in [0.5, 0.6) is 0 Å². The van der Waals surface area contributed by atoms with E-state index >= 15 is 0 Å². The Kier molecular flexibility index (Phi) is 5.59. The van der Waals surface area contributed by atoms with E-state index < -0.39 is 16.4 Å². The maximum atomic E-state index is 13.3. The van der Waals surface area contributed by atoms with Gasteiger partial charge in [0.15, 0.2) is 0 Å². The number of aryl methyl sites for hydroxylation is 1. The number of amides is 1. The maximum absolute atomic E-state index is 13.3. The molecule has 3 aromatic rings. The summed E-state index contributed by atoms with van der Waals surface area (Å²) in [4.78, 5) is 22.3. The molecule has 0 aliphatic rings. The van der Waals surface area contributed by atoms with Crippen LogP contribution in [0.15, 0.2) is 64.1 Å². The first-order valence-corrected chi connectivity index (χ1v) is 8.34. The second kappa shape index (κ2) is 8.26. The Hall–Kier alpha value is -3.81. The number of furan rings is 1. The van der Waals surface area contributed by atoms with Crippen LogP contribution >= 0.6 is 0 Å². The van der Waals surface area contributed by atoms with Crippen molar-refractivity contribution < 1.29 is 18.5 Å². The molecule has 0 fully saturated rings. The van der Waals surface area contributed by atoms with Gasteiger partial charge in [-0.1, -0.05) is 29.8 Å². The third kappa shape index (κ3) is 4.67. The van der Waals surface area contributed by atoms with Gasteiger partial charge in [0, 0.05) is 0 Å². The summed E-state index contributed by atoms with van der Waals surface area (Å²) in [6.45, 7) is 1.96. The lowest BCUT2D eigenvalue weighted by molar-refractivity contribution is -0.384. The predicted octanol–water partition coefficient (Wildman–Crippen LogP) is 4.00. The number of nitrogens with zero attached hydrogens (tertiary/aromatic N) is 2. The summed E-state index contributed by atoms with van der Waals surface area (Å²) < 4.78 is 18.7. The van der Waals surface area contributed by atoms with Gasteiger partial charge in [-0.3, -0.25) is 14.9 Å². The fourth-order valence-corrected chi connectivity index (χ4v) is 2.53. The predicted molar refractivity (Wildman–Crippen MR) is 101 cm³/mol.